The lowest BCUT2D eigenvalue weighted by Gasteiger charge is -2.11. The molecular weight excluding hydrogens is 352 g/mol. The fraction of sp³-hybridized carbons (Fsp3) is 0. The maximum Gasteiger partial charge on any atom is 0.229 e. The largest absolute Gasteiger partial charge is 0.264 e. The monoisotopic (exact) mass is 357 g/mol. The summed E-state index contributed by atoms with van der Waals surface area (Å²) < 4.78 is 1.63. The normalized spacial score (nSPS) is 10.9. The summed E-state index contributed by atoms with van der Waals surface area (Å²) in [6.45, 7) is 0. The molecule has 3 aromatic rings. The molecule has 0 aliphatic heterocycles. The van der Waals surface area contributed by atoms with Crippen LogP contribution >= 0.6 is 46.4 Å². The van der Waals surface area contributed by atoms with Crippen LogP contribution in [0.4, 0.5) is 0 Å². The predicted molar refractivity (Wildman–Crippen MR) is 86.8 cm³/mol. The Labute approximate surface area is 141 Å². The molecule has 2 aromatic carbocycles. The van der Waals surface area contributed by atoms with Crippen molar-refractivity contribution in [2.75, 3.05) is 0 Å². The second-order valence-corrected chi connectivity index (χ2v) is 5.77. The van der Waals surface area contributed by atoms with Gasteiger partial charge in [-0.1, -0.05) is 65.1 Å². The third-order valence-corrected chi connectivity index (χ3v) is 4.16. The van der Waals surface area contributed by atoms with Crippen molar-refractivity contribution >= 4 is 46.4 Å². The number of benzene rings is 2. The maximum atomic E-state index is 6.25. The number of hydrogen-bond acceptors (Lipinski definition) is 2. The van der Waals surface area contributed by atoms with Crippen molar-refractivity contribution in [3.8, 4) is 17.1 Å². The minimum Gasteiger partial charge on any atom is -0.264 e. The van der Waals surface area contributed by atoms with Crippen molar-refractivity contribution < 1.29 is 0 Å². The van der Waals surface area contributed by atoms with Crippen LogP contribution < -0.4 is 0 Å². The molecular formula is C14H7Cl4N3. The third kappa shape index (κ3) is 2.74. The van der Waals surface area contributed by atoms with Gasteiger partial charge in [0.25, 0.3) is 0 Å². The van der Waals surface area contributed by atoms with Gasteiger partial charge in [0.2, 0.25) is 5.28 Å². The van der Waals surface area contributed by atoms with Crippen LogP contribution in [0.2, 0.25) is 20.4 Å². The van der Waals surface area contributed by atoms with Crippen LogP contribution in [0.1, 0.15) is 0 Å². The summed E-state index contributed by atoms with van der Waals surface area (Å²) in [6, 6.07) is 12.7. The van der Waals surface area contributed by atoms with Crippen molar-refractivity contribution in [1.82, 2.24) is 14.8 Å². The number of hydrogen-bond donors (Lipinski definition) is 0. The summed E-state index contributed by atoms with van der Waals surface area (Å²) >= 11 is 24.4. The highest BCUT2D eigenvalue weighted by atomic mass is 35.5. The summed E-state index contributed by atoms with van der Waals surface area (Å²) in [7, 11) is 0. The molecule has 0 unspecified atom stereocenters. The fourth-order valence-corrected chi connectivity index (χ4v) is 2.77. The van der Waals surface area contributed by atoms with E-state index in [1.807, 2.05) is 30.3 Å². The third-order valence-electron chi connectivity index (χ3n) is 2.89. The zero-order valence-corrected chi connectivity index (χ0v) is 13.4. The second-order valence-electron chi connectivity index (χ2n) is 4.21. The molecule has 1 heterocycles. The summed E-state index contributed by atoms with van der Waals surface area (Å²) in [5.41, 5.74) is 1.43. The first-order valence-corrected chi connectivity index (χ1v) is 7.40. The van der Waals surface area contributed by atoms with Crippen molar-refractivity contribution in [3.63, 3.8) is 0 Å². The van der Waals surface area contributed by atoms with E-state index in [0.29, 0.717) is 26.6 Å². The second kappa shape index (κ2) is 5.85. The molecule has 0 atom stereocenters. The standard InChI is InChI=1S/C14H7Cl4N3/c15-9-6-11(17)12(7-10(9)16)21-13(19-20-14(21)18)8-4-2-1-3-5-8/h1-7H. The van der Waals surface area contributed by atoms with Crippen LogP contribution in [-0.2, 0) is 0 Å². The quantitative estimate of drug-likeness (QED) is 0.562. The number of nitrogens with zero attached hydrogens (tertiary/aromatic N) is 3. The lowest BCUT2D eigenvalue weighted by molar-refractivity contribution is 1.06. The van der Waals surface area contributed by atoms with E-state index in [4.69, 9.17) is 46.4 Å². The molecule has 1 aromatic heterocycles. The first kappa shape index (κ1) is 14.7. The predicted octanol–water partition coefficient (Wildman–Crippen LogP) is 5.55. The Morgan fingerprint density at radius 2 is 1.43 bits per heavy atom. The SMILES string of the molecule is Clc1cc(Cl)c(-n2c(Cl)nnc2-c2ccccc2)cc1Cl. The minimum atomic E-state index is 0.189. The molecule has 0 N–H and O–H groups in total. The Hall–Kier alpha value is -1.26. The average molecular weight is 359 g/mol. The summed E-state index contributed by atoms with van der Waals surface area (Å²) in [6.07, 6.45) is 0. The number of rotatable bonds is 2. The highest BCUT2D eigenvalue weighted by Crippen LogP contribution is 2.34. The average Bonchev–Trinajstić information content (AvgIpc) is 2.85. The Balaban J connectivity index is 2.25. The first-order valence-electron chi connectivity index (χ1n) is 5.89. The first-order chi connectivity index (χ1) is 10.1. The molecule has 0 spiro atoms. The van der Waals surface area contributed by atoms with Crippen molar-refractivity contribution in [2.45, 2.75) is 0 Å². The minimum absolute atomic E-state index is 0.189. The van der Waals surface area contributed by atoms with E-state index in [2.05, 4.69) is 10.2 Å². The molecule has 0 saturated carbocycles. The van der Waals surface area contributed by atoms with Gasteiger partial charge in [-0.25, -0.2) is 0 Å². The molecule has 7 heteroatoms. The Kier molecular flexibility index (Phi) is 4.09. The molecule has 3 rings (SSSR count). The van der Waals surface area contributed by atoms with Crippen LogP contribution in [0.5, 0.6) is 0 Å². The Bertz CT molecular complexity index is 799. The van der Waals surface area contributed by atoms with Gasteiger partial charge in [-0.3, -0.25) is 4.57 Å². The van der Waals surface area contributed by atoms with Crippen molar-refractivity contribution in [2.24, 2.45) is 0 Å². The van der Waals surface area contributed by atoms with Gasteiger partial charge in [0.05, 0.1) is 20.8 Å². The molecule has 0 radical (unpaired) electrons. The van der Waals surface area contributed by atoms with Gasteiger partial charge in [0.15, 0.2) is 5.82 Å². The van der Waals surface area contributed by atoms with Gasteiger partial charge in [0.1, 0.15) is 0 Å². The number of halogens is 4. The molecule has 0 aliphatic rings. The summed E-state index contributed by atoms with van der Waals surface area (Å²) in [5, 5.41) is 9.35. The molecule has 0 amide bonds. The molecule has 0 saturated heterocycles. The van der Waals surface area contributed by atoms with Crippen LogP contribution in [0.15, 0.2) is 42.5 Å². The van der Waals surface area contributed by atoms with Gasteiger partial charge >= 0.3 is 0 Å². The van der Waals surface area contributed by atoms with Crippen molar-refractivity contribution in [3.05, 3.63) is 62.8 Å². The smallest absolute Gasteiger partial charge is 0.229 e. The van der Waals surface area contributed by atoms with E-state index >= 15 is 0 Å². The van der Waals surface area contributed by atoms with E-state index in [9.17, 15) is 0 Å². The van der Waals surface area contributed by atoms with E-state index in [0.717, 1.165) is 5.56 Å². The van der Waals surface area contributed by atoms with Gasteiger partial charge < -0.3 is 0 Å². The van der Waals surface area contributed by atoms with Crippen LogP contribution in [0, 0.1) is 0 Å². The van der Waals surface area contributed by atoms with Crippen molar-refractivity contribution in [1.29, 1.82) is 0 Å². The highest BCUT2D eigenvalue weighted by molar-refractivity contribution is 6.43. The lowest BCUT2D eigenvalue weighted by Crippen LogP contribution is -1.99. The molecule has 106 valence electrons. The molecule has 3 nitrogen and oxygen atoms in total. The van der Waals surface area contributed by atoms with E-state index in [1.165, 1.54) is 0 Å². The van der Waals surface area contributed by atoms with E-state index in [1.54, 1.807) is 16.7 Å². The topological polar surface area (TPSA) is 30.7 Å². The van der Waals surface area contributed by atoms with Crippen LogP contribution in [0.25, 0.3) is 17.1 Å². The van der Waals surface area contributed by atoms with Crippen LogP contribution in [-0.4, -0.2) is 14.8 Å². The maximum absolute atomic E-state index is 6.25. The summed E-state index contributed by atoms with van der Waals surface area (Å²) in [5.74, 6) is 0.570. The van der Waals surface area contributed by atoms with Gasteiger partial charge in [-0.15, -0.1) is 10.2 Å². The van der Waals surface area contributed by atoms with Gasteiger partial charge in [-0.05, 0) is 23.7 Å². The molecule has 0 bridgehead atoms. The molecule has 21 heavy (non-hydrogen) atoms. The molecule has 0 aliphatic carbocycles. The number of aromatic nitrogens is 3. The Morgan fingerprint density at radius 1 is 0.762 bits per heavy atom. The van der Waals surface area contributed by atoms with Crippen LogP contribution in [0.3, 0.4) is 0 Å². The van der Waals surface area contributed by atoms with Gasteiger partial charge in [-0.2, -0.15) is 0 Å². The molecule has 0 fully saturated rings. The van der Waals surface area contributed by atoms with E-state index in [-0.39, 0.29) is 5.28 Å². The fourth-order valence-electron chi connectivity index (χ4n) is 1.94. The Morgan fingerprint density at radius 3 is 2.14 bits per heavy atom. The highest BCUT2D eigenvalue weighted by Gasteiger charge is 2.17. The lowest BCUT2D eigenvalue weighted by atomic mass is 10.2. The van der Waals surface area contributed by atoms with Gasteiger partial charge in [0, 0.05) is 5.56 Å². The summed E-state index contributed by atoms with van der Waals surface area (Å²) in [4.78, 5) is 0. The zero-order valence-electron chi connectivity index (χ0n) is 10.4. The van der Waals surface area contributed by atoms with E-state index < -0.39 is 0 Å². The zero-order chi connectivity index (χ0) is 15.0.